The maximum atomic E-state index is 13.7. The predicted molar refractivity (Wildman–Crippen MR) is 80.7 cm³/mol. The lowest BCUT2D eigenvalue weighted by Gasteiger charge is -2.20. The maximum Gasteiger partial charge on any atom is 0.165 e. The molecule has 1 heterocycles. The van der Waals surface area contributed by atoms with E-state index in [1.54, 1.807) is 6.07 Å². The minimum atomic E-state index is -2.88. The van der Waals surface area contributed by atoms with E-state index in [9.17, 15) is 12.8 Å². The van der Waals surface area contributed by atoms with Crippen molar-refractivity contribution in [1.29, 1.82) is 0 Å². The molecule has 0 amide bonds. The summed E-state index contributed by atoms with van der Waals surface area (Å²) in [6.45, 7) is 0. The summed E-state index contributed by atoms with van der Waals surface area (Å²) in [5.74, 6) is 0.745. The maximum absolute atomic E-state index is 13.7. The largest absolute Gasteiger partial charge is 0.494 e. The van der Waals surface area contributed by atoms with Gasteiger partial charge in [-0.05, 0) is 42.4 Å². The molecule has 1 aromatic carbocycles. The topological polar surface area (TPSA) is 43.4 Å². The van der Waals surface area contributed by atoms with Gasteiger partial charge in [0.15, 0.2) is 21.4 Å². The second-order valence-corrected chi connectivity index (χ2v) is 8.13. The Morgan fingerprint density at radius 3 is 2.75 bits per heavy atom. The molecule has 0 aromatic heterocycles. The average molecular weight is 365 g/mol. The molecule has 2 unspecified atom stereocenters. The minimum Gasteiger partial charge on any atom is -0.494 e. The highest BCUT2D eigenvalue weighted by atomic mass is 79.9. The van der Waals surface area contributed by atoms with E-state index in [1.807, 2.05) is 6.07 Å². The van der Waals surface area contributed by atoms with Crippen LogP contribution in [0.3, 0.4) is 0 Å². The molecule has 112 valence electrons. The van der Waals surface area contributed by atoms with E-state index in [0.29, 0.717) is 12.8 Å². The van der Waals surface area contributed by atoms with Crippen LogP contribution in [0.4, 0.5) is 4.39 Å². The van der Waals surface area contributed by atoms with E-state index in [1.165, 1.54) is 13.2 Å². The van der Waals surface area contributed by atoms with Crippen molar-refractivity contribution < 1.29 is 17.5 Å². The van der Waals surface area contributed by atoms with Crippen LogP contribution in [0.15, 0.2) is 18.2 Å². The fraction of sp³-hybridized carbons (Fsp3) is 0.571. The molecule has 0 aliphatic carbocycles. The first-order valence-electron chi connectivity index (χ1n) is 6.54. The fourth-order valence-corrected chi connectivity index (χ4v) is 5.36. The van der Waals surface area contributed by atoms with Crippen molar-refractivity contribution in [2.45, 2.75) is 12.8 Å². The summed E-state index contributed by atoms with van der Waals surface area (Å²) in [7, 11) is -1.44. The Kier molecular flexibility index (Phi) is 5.07. The second kappa shape index (κ2) is 6.43. The van der Waals surface area contributed by atoms with E-state index in [-0.39, 0.29) is 34.9 Å². The summed E-state index contributed by atoms with van der Waals surface area (Å²) >= 11 is 3.45. The van der Waals surface area contributed by atoms with Gasteiger partial charge in [0.25, 0.3) is 0 Å². The predicted octanol–water partition coefficient (Wildman–Crippen LogP) is 2.82. The average Bonchev–Trinajstić information content (AvgIpc) is 2.76. The first-order chi connectivity index (χ1) is 9.45. The van der Waals surface area contributed by atoms with Crippen LogP contribution in [0.2, 0.25) is 0 Å². The van der Waals surface area contributed by atoms with Crippen LogP contribution in [0, 0.1) is 17.7 Å². The van der Waals surface area contributed by atoms with Crippen LogP contribution < -0.4 is 4.74 Å². The molecular formula is C14H18BrFO3S. The van der Waals surface area contributed by atoms with E-state index < -0.39 is 9.84 Å². The van der Waals surface area contributed by atoms with Gasteiger partial charge in [0.2, 0.25) is 0 Å². The summed E-state index contributed by atoms with van der Waals surface area (Å²) in [5, 5.41) is 0.723. The van der Waals surface area contributed by atoms with Gasteiger partial charge in [-0.3, -0.25) is 0 Å². The molecule has 0 N–H and O–H groups in total. The number of halogens is 2. The lowest BCUT2D eigenvalue weighted by Crippen LogP contribution is -2.20. The lowest BCUT2D eigenvalue weighted by atomic mass is 9.88. The van der Waals surface area contributed by atoms with Crippen LogP contribution >= 0.6 is 15.9 Å². The summed E-state index contributed by atoms with van der Waals surface area (Å²) in [4.78, 5) is 0. The number of methoxy groups -OCH3 is 1. The van der Waals surface area contributed by atoms with Gasteiger partial charge in [0.05, 0.1) is 18.6 Å². The Balaban J connectivity index is 2.09. The van der Waals surface area contributed by atoms with E-state index in [0.717, 1.165) is 10.9 Å². The number of hydrogen-bond donors (Lipinski definition) is 0. The van der Waals surface area contributed by atoms with E-state index >= 15 is 0 Å². The zero-order valence-electron chi connectivity index (χ0n) is 11.3. The van der Waals surface area contributed by atoms with Crippen molar-refractivity contribution in [3.8, 4) is 5.75 Å². The van der Waals surface area contributed by atoms with Crippen LogP contribution in [-0.4, -0.2) is 32.4 Å². The highest BCUT2D eigenvalue weighted by Crippen LogP contribution is 2.30. The van der Waals surface area contributed by atoms with Crippen molar-refractivity contribution in [3.63, 3.8) is 0 Å². The quantitative estimate of drug-likeness (QED) is 0.754. The van der Waals surface area contributed by atoms with Gasteiger partial charge in [-0.25, -0.2) is 12.8 Å². The Hall–Kier alpha value is -0.620. The first kappa shape index (κ1) is 15.8. The molecule has 6 heteroatoms. The zero-order valence-corrected chi connectivity index (χ0v) is 13.7. The van der Waals surface area contributed by atoms with Crippen molar-refractivity contribution in [3.05, 3.63) is 29.6 Å². The normalized spacial score (nSPS) is 22.6. The number of sulfone groups is 1. The van der Waals surface area contributed by atoms with Crippen molar-refractivity contribution in [1.82, 2.24) is 0 Å². The Bertz CT molecular complexity index is 574. The fourth-order valence-electron chi connectivity index (χ4n) is 2.68. The molecule has 1 fully saturated rings. The number of alkyl halides is 1. The van der Waals surface area contributed by atoms with Crippen LogP contribution in [0.1, 0.15) is 12.0 Å². The molecule has 20 heavy (non-hydrogen) atoms. The second-order valence-electron chi connectivity index (χ2n) is 5.25. The Morgan fingerprint density at radius 2 is 2.25 bits per heavy atom. The smallest absolute Gasteiger partial charge is 0.165 e. The Morgan fingerprint density at radius 1 is 1.50 bits per heavy atom. The minimum absolute atomic E-state index is 0.157. The first-order valence-corrected chi connectivity index (χ1v) is 9.48. The third kappa shape index (κ3) is 3.73. The molecule has 0 saturated carbocycles. The molecule has 1 aliphatic heterocycles. The third-order valence-corrected chi connectivity index (χ3v) is 6.47. The molecule has 0 bridgehead atoms. The van der Waals surface area contributed by atoms with Gasteiger partial charge in [-0.15, -0.1) is 0 Å². The number of rotatable bonds is 5. The molecule has 0 radical (unpaired) electrons. The number of benzene rings is 1. The van der Waals surface area contributed by atoms with Gasteiger partial charge in [-0.1, -0.05) is 22.0 Å². The summed E-state index contributed by atoms with van der Waals surface area (Å²) in [6.07, 6.45) is 1.38. The number of hydrogen-bond acceptors (Lipinski definition) is 3. The van der Waals surface area contributed by atoms with Gasteiger partial charge < -0.3 is 4.74 Å². The monoisotopic (exact) mass is 364 g/mol. The summed E-state index contributed by atoms with van der Waals surface area (Å²) in [6, 6.07) is 4.92. The van der Waals surface area contributed by atoms with Gasteiger partial charge in [0.1, 0.15) is 0 Å². The van der Waals surface area contributed by atoms with Crippen molar-refractivity contribution in [2.75, 3.05) is 23.9 Å². The van der Waals surface area contributed by atoms with E-state index in [4.69, 9.17) is 4.74 Å². The molecule has 0 spiro atoms. The van der Waals surface area contributed by atoms with Crippen LogP contribution in [0.25, 0.3) is 0 Å². The molecule has 1 aliphatic rings. The van der Waals surface area contributed by atoms with Gasteiger partial charge >= 0.3 is 0 Å². The molecule has 1 aromatic rings. The molecule has 2 rings (SSSR count). The van der Waals surface area contributed by atoms with E-state index in [2.05, 4.69) is 15.9 Å². The standard InChI is InChI=1S/C14H18BrFO3S/c1-19-14-3-2-10(7-13(14)16)6-12(8-15)11-4-5-20(17,18)9-11/h2-3,7,11-12H,4-6,8-9H2,1H3. The lowest BCUT2D eigenvalue weighted by molar-refractivity contribution is 0.383. The molecule has 3 nitrogen and oxygen atoms in total. The van der Waals surface area contributed by atoms with Crippen molar-refractivity contribution >= 4 is 25.8 Å². The highest BCUT2D eigenvalue weighted by Gasteiger charge is 2.33. The molecular weight excluding hydrogens is 347 g/mol. The Labute approximate surface area is 127 Å². The van der Waals surface area contributed by atoms with Gasteiger partial charge in [0, 0.05) is 5.33 Å². The summed E-state index contributed by atoms with van der Waals surface area (Å²) in [5.41, 5.74) is 0.872. The van der Waals surface area contributed by atoms with Crippen LogP contribution in [-0.2, 0) is 16.3 Å². The molecule has 1 saturated heterocycles. The SMILES string of the molecule is COc1ccc(CC(CBr)C2CCS(=O)(=O)C2)cc1F. The van der Waals surface area contributed by atoms with Crippen LogP contribution in [0.5, 0.6) is 5.75 Å². The summed E-state index contributed by atoms with van der Waals surface area (Å²) < 4.78 is 41.7. The molecule has 2 atom stereocenters. The zero-order chi connectivity index (χ0) is 14.8. The van der Waals surface area contributed by atoms with Gasteiger partial charge in [-0.2, -0.15) is 0 Å². The number of ether oxygens (including phenoxy) is 1. The third-order valence-electron chi connectivity index (χ3n) is 3.85. The van der Waals surface area contributed by atoms with Crippen molar-refractivity contribution in [2.24, 2.45) is 11.8 Å². The highest BCUT2D eigenvalue weighted by molar-refractivity contribution is 9.09.